The molecule has 1 aromatic carbocycles. The maximum Gasteiger partial charge on any atom is 0.216 e. The van der Waals surface area contributed by atoms with E-state index in [1.165, 1.54) is 6.33 Å². The molecule has 0 amide bonds. The molecule has 0 radical (unpaired) electrons. The molecule has 4 heteroatoms. The fraction of sp³-hybridized carbons (Fsp3) is 0.267. The Labute approximate surface area is 112 Å². The summed E-state index contributed by atoms with van der Waals surface area (Å²) in [5.41, 5.74) is 2.50. The number of ether oxygens (including phenoxy) is 1. The van der Waals surface area contributed by atoms with Crippen LogP contribution in [0.2, 0.25) is 0 Å². The van der Waals surface area contributed by atoms with Gasteiger partial charge in [0.2, 0.25) is 5.88 Å². The molecule has 19 heavy (non-hydrogen) atoms. The first-order valence-electron chi connectivity index (χ1n) is 6.20. The van der Waals surface area contributed by atoms with Gasteiger partial charge in [0.1, 0.15) is 6.33 Å². The molecule has 0 saturated carbocycles. The third kappa shape index (κ3) is 3.16. The van der Waals surface area contributed by atoms with Crippen LogP contribution in [0.4, 0.5) is 0 Å². The molecule has 1 aromatic heterocycles. The van der Waals surface area contributed by atoms with Gasteiger partial charge in [-0.2, -0.15) is 0 Å². The van der Waals surface area contributed by atoms with E-state index in [9.17, 15) is 4.79 Å². The minimum atomic E-state index is 0.0678. The smallest absolute Gasteiger partial charge is 0.216 e. The number of methoxy groups -OCH3 is 1. The van der Waals surface area contributed by atoms with Gasteiger partial charge in [0.25, 0.3) is 0 Å². The second-order valence-electron chi connectivity index (χ2n) is 4.16. The van der Waals surface area contributed by atoms with Crippen LogP contribution in [0.1, 0.15) is 28.5 Å². The fourth-order valence-corrected chi connectivity index (χ4v) is 1.95. The first-order chi connectivity index (χ1) is 9.24. The minimum Gasteiger partial charge on any atom is -0.481 e. The van der Waals surface area contributed by atoms with Crippen molar-refractivity contribution < 1.29 is 9.53 Å². The Hall–Kier alpha value is -2.23. The zero-order valence-corrected chi connectivity index (χ0v) is 11.1. The number of Topliss-reactive ketones (excluding diaryl/α,β-unsaturated/α-hetero) is 1. The van der Waals surface area contributed by atoms with Crippen molar-refractivity contribution >= 4 is 5.78 Å². The van der Waals surface area contributed by atoms with E-state index in [1.54, 1.807) is 13.2 Å². The highest BCUT2D eigenvalue weighted by molar-refractivity contribution is 5.98. The number of ketones is 1. The lowest BCUT2D eigenvalue weighted by atomic mass is 9.99. The molecule has 4 nitrogen and oxygen atoms in total. The SMILES string of the molecule is CCc1ccccc1C(=O)Cc1cc(OC)ncn1. The standard InChI is InChI=1S/C15H16N2O2/c1-3-11-6-4-5-7-13(11)14(18)8-12-9-15(19-2)17-10-16-12/h4-7,9-10H,3,8H2,1-2H3. The van der Waals surface area contributed by atoms with Crippen LogP contribution in [0.3, 0.4) is 0 Å². The Kier molecular flexibility index (Phi) is 4.23. The number of aromatic nitrogens is 2. The van der Waals surface area contributed by atoms with Gasteiger partial charge in [0, 0.05) is 11.6 Å². The van der Waals surface area contributed by atoms with Crippen LogP contribution in [0.5, 0.6) is 5.88 Å². The van der Waals surface area contributed by atoms with Crippen molar-refractivity contribution in [2.24, 2.45) is 0 Å². The van der Waals surface area contributed by atoms with Crippen LogP contribution in [0, 0.1) is 0 Å². The number of rotatable bonds is 5. The molecule has 0 saturated heterocycles. The van der Waals surface area contributed by atoms with Gasteiger partial charge < -0.3 is 4.74 Å². The van der Waals surface area contributed by atoms with Crippen LogP contribution in [0.15, 0.2) is 36.7 Å². The molecular weight excluding hydrogens is 240 g/mol. The van der Waals surface area contributed by atoms with Gasteiger partial charge in [-0.15, -0.1) is 0 Å². The quantitative estimate of drug-likeness (QED) is 0.771. The maximum absolute atomic E-state index is 12.3. The zero-order valence-electron chi connectivity index (χ0n) is 11.1. The summed E-state index contributed by atoms with van der Waals surface area (Å²) in [6.07, 6.45) is 2.51. The van der Waals surface area contributed by atoms with Crippen molar-refractivity contribution in [1.29, 1.82) is 0 Å². The lowest BCUT2D eigenvalue weighted by molar-refractivity contribution is 0.0991. The molecule has 0 aliphatic heterocycles. The van der Waals surface area contributed by atoms with Gasteiger partial charge in [-0.05, 0) is 12.0 Å². The number of carbonyl (C=O) groups is 1. The third-order valence-corrected chi connectivity index (χ3v) is 2.95. The zero-order chi connectivity index (χ0) is 13.7. The molecule has 0 aliphatic rings. The van der Waals surface area contributed by atoms with Crippen LogP contribution in [-0.4, -0.2) is 22.9 Å². The highest BCUT2D eigenvalue weighted by Gasteiger charge is 2.12. The van der Waals surface area contributed by atoms with Crippen LogP contribution in [-0.2, 0) is 12.8 Å². The maximum atomic E-state index is 12.3. The normalized spacial score (nSPS) is 10.2. The monoisotopic (exact) mass is 256 g/mol. The molecule has 0 N–H and O–H groups in total. The van der Waals surface area contributed by atoms with E-state index in [4.69, 9.17) is 4.74 Å². The number of carbonyl (C=O) groups excluding carboxylic acids is 1. The predicted molar refractivity (Wildman–Crippen MR) is 72.4 cm³/mol. The van der Waals surface area contributed by atoms with Crippen molar-refractivity contribution in [3.05, 3.63) is 53.5 Å². The van der Waals surface area contributed by atoms with Crippen LogP contribution < -0.4 is 4.74 Å². The molecule has 0 atom stereocenters. The van der Waals surface area contributed by atoms with Gasteiger partial charge in [-0.25, -0.2) is 9.97 Å². The Bertz CT molecular complexity index is 582. The predicted octanol–water partition coefficient (Wildman–Crippen LogP) is 2.47. The Morgan fingerprint density at radius 3 is 2.79 bits per heavy atom. The molecule has 0 spiro atoms. The molecule has 0 aliphatic carbocycles. The molecule has 2 aromatic rings. The van der Waals surface area contributed by atoms with Crippen molar-refractivity contribution in [3.63, 3.8) is 0 Å². The second kappa shape index (κ2) is 6.09. The van der Waals surface area contributed by atoms with Gasteiger partial charge >= 0.3 is 0 Å². The van der Waals surface area contributed by atoms with E-state index < -0.39 is 0 Å². The van der Waals surface area contributed by atoms with Crippen LogP contribution in [0.25, 0.3) is 0 Å². The van der Waals surface area contributed by atoms with E-state index in [0.717, 1.165) is 17.5 Å². The summed E-state index contributed by atoms with van der Waals surface area (Å²) in [7, 11) is 1.54. The fourth-order valence-electron chi connectivity index (χ4n) is 1.95. The van der Waals surface area contributed by atoms with Gasteiger partial charge in [0.05, 0.1) is 19.2 Å². The average molecular weight is 256 g/mol. The minimum absolute atomic E-state index is 0.0678. The summed E-state index contributed by atoms with van der Waals surface area (Å²) in [4.78, 5) is 20.3. The number of nitrogens with zero attached hydrogens (tertiary/aromatic N) is 2. The van der Waals surface area contributed by atoms with E-state index in [1.807, 2.05) is 31.2 Å². The van der Waals surface area contributed by atoms with E-state index in [-0.39, 0.29) is 12.2 Å². The van der Waals surface area contributed by atoms with E-state index >= 15 is 0 Å². The summed E-state index contributed by atoms with van der Waals surface area (Å²) in [6.45, 7) is 2.04. The highest BCUT2D eigenvalue weighted by Crippen LogP contribution is 2.14. The summed E-state index contributed by atoms with van der Waals surface area (Å²) in [6, 6.07) is 9.36. The van der Waals surface area contributed by atoms with Gasteiger partial charge in [-0.3, -0.25) is 4.79 Å². The molecule has 2 rings (SSSR count). The van der Waals surface area contributed by atoms with Crippen molar-refractivity contribution in [1.82, 2.24) is 9.97 Å². The van der Waals surface area contributed by atoms with Gasteiger partial charge in [-0.1, -0.05) is 31.2 Å². The lowest BCUT2D eigenvalue weighted by Gasteiger charge is -2.06. The molecule has 0 fully saturated rings. The summed E-state index contributed by atoms with van der Waals surface area (Å²) in [5.74, 6) is 0.541. The highest BCUT2D eigenvalue weighted by atomic mass is 16.5. The first-order valence-corrected chi connectivity index (χ1v) is 6.20. The molecule has 0 bridgehead atoms. The Balaban J connectivity index is 2.20. The van der Waals surface area contributed by atoms with E-state index in [2.05, 4.69) is 9.97 Å². The second-order valence-corrected chi connectivity index (χ2v) is 4.16. The largest absolute Gasteiger partial charge is 0.481 e. The summed E-state index contributed by atoms with van der Waals surface area (Å²) in [5, 5.41) is 0. The van der Waals surface area contributed by atoms with Gasteiger partial charge in [0.15, 0.2) is 5.78 Å². The average Bonchev–Trinajstić information content (AvgIpc) is 2.47. The Morgan fingerprint density at radius 1 is 1.26 bits per heavy atom. The number of hydrogen-bond acceptors (Lipinski definition) is 4. The number of aryl methyl sites for hydroxylation is 1. The third-order valence-electron chi connectivity index (χ3n) is 2.95. The van der Waals surface area contributed by atoms with Crippen molar-refractivity contribution in [2.75, 3.05) is 7.11 Å². The van der Waals surface area contributed by atoms with E-state index in [0.29, 0.717) is 11.6 Å². The molecule has 1 heterocycles. The summed E-state index contributed by atoms with van der Waals surface area (Å²) < 4.78 is 5.02. The van der Waals surface area contributed by atoms with Crippen LogP contribution >= 0.6 is 0 Å². The Morgan fingerprint density at radius 2 is 2.05 bits per heavy atom. The molecular formula is C15H16N2O2. The van der Waals surface area contributed by atoms with Crippen molar-refractivity contribution in [3.8, 4) is 5.88 Å². The number of benzene rings is 1. The topological polar surface area (TPSA) is 52.1 Å². The summed E-state index contributed by atoms with van der Waals surface area (Å²) >= 11 is 0. The molecule has 0 unspecified atom stereocenters. The molecule has 98 valence electrons. The van der Waals surface area contributed by atoms with Crippen molar-refractivity contribution in [2.45, 2.75) is 19.8 Å². The number of hydrogen-bond donors (Lipinski definition) is 0. The first kappa shape index (κ1) is 13.2. The lowest BCUT2D eigenvalue weighted by Crippen LogP contribution is -2.08.